The lowest BCUT2D eigenvalue weighted by molar-refractivity contribution is 0.949. The van der Waals surface area contributed by atoms with Gasteiger partial charge in [0, 0.05) is 27.7 Å². The zero-order valence-electron chi connectivity index (χ0n) is 50.0. The summed E-state index contributed by atoms with van der Waals surface area (Å²) in [6, 6.07) is 113. The first-order valence-corrected chi connectivity index (χ1v) is 40.2. The van der Waals surface area contributed by atoms with Gasteiger partial charge in [-0.25, -0.2) is 0 Å². The number of hydrogen-bond acceptors (Lipinski definition) is 0. The Labute approximate surface area is 594 Å². The van der Waals surface area contributed by atoms with Crippen molar-refractivity contribution in [3.8, 4) is 0 Å². The SMILES string of the molecule is BrCc1ccccc1Br.Brc1ccccc1CCc1ccccc1Br.Brc1ccccc1CCc1ccccc1Br.CP(c1ccccc1)c1ccccc1CCc1ccccc1P(c1ccccc1)c1ccccc1.ClP(c1ccccc1)c1ccccc1. The maximum atomic E-state index is 6.40. The summed E-state index contributed by atoms with van der Waals surface area (Å²) in [6.45, 7) is 2.39. The third-order valence-electron chi connectivity index (χ3n) is 14.6. The minimum atomic E-state index is -0.699. The van der Waals surface area contributed by atoms with E-state index in [2.05, 4.69) is 345 Å². The van der Waals surface area contributed by atoms with Crippen molar-refractivity contribution in [1.82, 2.24) is 0 Å². The molecule has 10 heteroatoms. The minimum absolute atomic E-state index is 0.360. The van der Waals surface area contributed by atoms with Crippen LogP contribution in [0.4, 0.5) is 0 Å². The number of rotatable bonds is 17. The standard InChI is InChI=1S/C33H30P2.2C14H12Br2.C12H10ClP.C7H6Br2/c1-34(29-17-5-2-6-18-29)32-23-13-11-15-27(32)25-26-28-16-12-14-24-33(28)35(30-19-7-3-8-20-30)31-21-9-4-10-22-31;2*15-13-7-3-1-5-11(13)9-10-12-6-2-4-8-14(12)16;13-14(11-7-3-1-4-8-11)12-9-5-2-6-10-12;8-5-6-3-1-2-4-7(6)9/h2-24H,25-26H2,1H3;2*1-8H,9-10H2;1-10H;1-4H,5H2. The summed E-state index contributed by atoms with van der Waals surface area (Å²) in [5, 5.41) is 10.5. The second kappa shape index (κ2) is 39.6. The molecule has 0 aliphatic carbocycles. The lowest BCUT2D eigenvalue weighted by Crippen LogP contribution is -2.24. The molecule has 1 atom stereocenters. The molecular weight excluding hydrogens is 1570 g/mol. The van der Waals surface area contributed by atoms with Gasteiger partial charge in [0.15, 0.2) is 0 Å². The van der Waals surface area contributed by atoms with Crippen molar-refractivity contribution in [2.45, 2.75) is 43.9 Å². The molecule has 0 bridgehead atoms. The molecule has 90 heavy (non-hydrogen) atoms. The quantitative estimate of drug-likeness (QED) is 0.0630. The summed E-state index contributed by atoms with van der Waals surface area (Å²) in [7, 11) is -1.66. The molecule has 0 amide bonds. The summed E-state index contributed by atoms with van der Waals surface area (Å²) < 4.78 is 5.95. The van der Waals surface area contributed by atoms with E-state index in [1.807, 2.05) is 78.9 Å². The smallest absolute Gasteiger partial charge is 0.0524 e. The van der Waals surface area contributed by atoms with Gasteiger partial charge in [-0.15, -0.1) is 0 Å². The first kappa shape index (κ1) is 71.0. The summed E-state index contributed by atoms with van der Waals surface area (Å²) in [4.78, 5) is 0. The highest BCUT2D eigenvalue weighted by Crippen LogP contribution is 2.39. The van der Waals surface area contributed by atoms with Crippen LogP contribution in [0.5, 0.6) is 0 Å². The fourth-order valence-electron chi connectivity index (χ4n) is 9.85. The second-order valence-corrected chi connectivity index (χ2v) is 32.4. The molecule has 0 aromatic heterocycles. The molecule has 0 nitrogen and oxygen atoms in total. The molecule has 0 aliphatic heterocycles. The molecule has 0 aliphatic rings. The maximum Gasteiger partial charge on any atom is 0.0524 e. The summed E-state index contributed by atoms with van der Waals surface area (Å²) in [6.07, 6.45) is 6.34. The molecule has 12 aromatic carbocycles. The summed E-state index contributed by atoms with van der Waals surface area (Å²) >= 11 is 27.5. The van der Waals surface area contributed by atoms with Crippen molar-refractivity contribution in [3.05, 3.63) is 383 Å². The van der Waals surface area contributed by atoms with Crippen LogP contribution in [-0.2, 0) is 43.9 Å². The zero-order chi connectivity index (χ0) is 63.1. The van der Waals surface area contributed by atoms with E-state index in [9.17, 15) is 0 Å². The highest BCUT2D eigenvalue weighted by atomic mass is 79.9. The van der Waals surface area contributed by atoms with Crippen LogP contribution in [-0.4, -0.2) is 6.66 Å². The predicted molar refractivity (Wildman–Crippen MR) is 421 cm³/mol. The van der Waals surface area contributed by atoms with Crippen molar-refractivity contribution in [1.29, 1.82) is 0 Å². The maximum absolute atomic E-state index is 6.40. The number of benzene rings is 12. The van der Waals surface area contributed by atoms with E-state index in [0.29, 0.717) is 0 Å². The summed E-state index contributed by atoms with van der Waals surface area (Å²) in [5.41, 5.74) is 9.66. The molecule has 0 saturated carbocycles. The molecule has 454 valence electrons. The van der Waals surface area contributed by atoms with Crippen molar-refractivity contribution in [2.75, 3.05) is 6.66 Å². The van der Waals surface area contributed by atoms with Gasteiger partial charge in [-0.3, -0.25) is 0 Å². The van der Waals surface area contributed by atoms with E-state index in [-0.39, 0.29) is 7.92 Å². The Hall–Kier alpha value is -4.90. The first-order valence-electron chi connectivity index (χ1n) is 29.7. The molecule has 0 spiro atoms. The van der Waals surface area contributed by atoms with Gasteiger partial charge in [-0.05, 0) is 167 Å². The third kappa shape index (κ3) is 22.7. The predicted octanol–water partition coefficient (Wildman–Crippen LogP) is 22.9. The van der Waals surface area contributed by atoms with Crippen molar-refractivity contribution < 1.29 is 0 Å². The van der Waals surface area contributed by atoms with Gasteiger partial charge < -0.3 is 0 Å². The number of alkyl halides is 1. The average molecular weight is 1640 g/mol. The molecular formula is C80H70Br6ClP3. The Morgan fingerprint density at radius 2 is 0.467 bits per heavy atom. The second-order valence-electron chi connectivity index (χ2n) is 20.7. The molecule has 0 N–H and O–H groups in total. The van der Waals surface area contributed by atoms with Crippen LogP contribution in [0.1, 0.15) is 38.9 Å². The van der Waals surface area contributed by atoms with Crippen molar-refractivity contribution in [2.24, 2.45) is 0 Å². The Balaban J connectivity index is 0.000000159. The molecule has 0 fully saturated rings. The fraction of sp³-hybridized carbons (Fsp3) is 0.100. The van der Waals surface area contributed by atoms with E-state index >= 15 is 0 Å². The van der Waals surface area contributed by atoms with E-state index < -0.39 is 15.2 Å². The Morgan fingerprint density at radius 1 is 0.244 bits per heavy atom. The normalized spacial score (nSPS) is 10.9. The average Bonchev–Trinajstić information content (AvgIpc) is 1.73. The van der Waals surface area contributed by atoms with E-state index in [4.69, 9.17) is 11.2 Å². The fourth-order valence-corrected chi connectivity index (χ4v) is 19.2. The van der Waals surface area contributed by atoms with Crippen LogP contribution in [0.15, 0.2) is 344 Å². The van der Waals surface area contributed by atoms with Crippen LogP contribution in [0.2, 0.25) is 0 Å². The molecule has 0 heterocycles. The molecule has 12 aromatic rings. The highest BCUT2D eigenvalue weighted by molar-refractivity contribution is 9.11. The van der Waals surface area contributed by atoms with Crippen LogP contribution in [0.25, 0.3) is 0 Å². The van der Waals surface area contributed by atoms with Crippen LogP contribution < -0.4 is 37.1 Å². The number of aryl methyl sites for hydroxylation is 6. The monoisotopic (exact) mass is 1630 g/mol. The van der Waals surface area contributed by atoms with Gasteiger partial charge in [-0.2, -0.15) is 0 Å². The minimum Gasteiger partial charge on any atom is -0.0876 e. The summed E-state index contributed by atoms with van der Waals surface area (Å²) in [5.74, 6) is 0. The van der Waals surface area contributed by atoms with Crippen LogP contribution >= 0.6 is 130 Å². The van der Waals surface area contributed by atoms with E-state index in [0.717, 1.165) is 43.9 Å². The Morgan fingerprint density at radius 3 is 0.767 bits per heavy atom. The largest absolute Gasteiger partial charge is 0.0876 e. The lowest BCUT2D eigenvalue weighted by Gasteiger charge is -2.23. The van der Waals surface area contributed by atoms with Gasteiger partial charge in [-0.1, -0.05) is 398 Å². The van der Waals surface area contributed by atoms with Gasteiger partial charge in [0.05, 0.1) is 7.27 Å². The zero-order valence-corrected chi connectivity index (χ0v) is 63.0. The Kier molecular flexibility index (Phi) is 31.2. The molecule has 1 unspecified atom stereocenters. The highest BCUT2D eigenvalue weighted by Gasteiger charge is 2.20. The number of halogens is 7. The lowest BCUT2D eigenvalue weighted by atomic mass is 10.0. The molecule has 0 radical (unpaired) electrons. The Bertz CT molecular complexity index is 3750. The topological polar surface area (TPSA) is 0 Å². The van der Waals surface area contributed by atoms with Crippen molar-refractivity contribution >= 4 is 167 Å². The number of hydrogen-bond donors (Lipinski definition) is 0. The van der Waals surface area contributed by atoms with Crippen LogP contribution in [0, 0.1) is 0 Å². The van der Waals surface area contributed by atoms with E-state index in [1.165, 1.54) is 98.4 Å². The van der Waals surface area contributed by atoms with Gasteiger partial charge in [0.2, 0.25) is 0 Å². The van der Waals surface area contributed by atoms with Gasteiger partial charge in [0.1, 0.15) is 0 Å². The first-order chi connectivity index (χ1) is 44.1. The molecule has 12 rings (SSSR count). The molecule has 0 saturated heterocycles. The van der Waals surface area contributed by atoms with Crippen LogP contribution in [0.3, 0.4) is 0 Å². The third-order valence-corrected chi connectivity index (χ3v) is 26.6. The van der Waals surface area contributed by atoms with Gasteiger partial charge >= 0.3 is 0 Å². The van der Waals surface area contributed by atoms with Gasteiger partial charge in [0.25, 0.3) is 0 Å². The van der Waals surface area contributed by atoms with Crippen molar-refractivity contribution in [3.63, 3.8) is 0 Å². The van der Waals surface area contributed by atoms with E-state index in [1.54, 1.807) is 0 Å².